The van der Waals surface area contributed by atoms with E-state index in [9.17, 15) is 4.79 Å². The van der Waals surface area contributed by atoms with Gasteiger partial charge in [-0.3, -0.25) is 4.79 Å². The Hall–Kier alpha value is -0.570. The van der Waals surface area contributed by atoms with Crippen LogP contribution in [-0.2, 0) is 4.79 Å². The summed E-state index contributed by atoms with van der Waals surface area (Å²) in [4.78, 5) is 15.4. The van der Waals surface area contributed by atoms with Crippen LogP contribution in [-0.4, -0.2) is 36.5 Å². The highest BCUT2D eigenvalue weighted by Crippen LogP contribution is 2.41. The average molecular weight is 278 g/mol. The summed E-state index contributed by atoms with van der Waals surface area (Å²) in [6.07, 6.45) is 8.95. The maximum Gasteiger partial charge on any atom is 0.228 e. The van der Waals surface area contributed by atoms with E-state index in [1.54, 1.807) is 0 Å². The average Bonchev–Trinajstić information content (AvgIpc) is 2.91. The molecule has 2 aliphatic heterocycles. The number of hydrogen-bond donors (Lipinski definition) is 1. The van der Waals surface area contributed by atoms with Crippen molar-refractivity contribution in [2.24, 2.45) is 17.3 Å². The van der Waals surface area contributed by atoms with Gasteiger partial charge in [0.2, 0.25) is 5.91 Å². The van der Waals surface area contributed by atoms with Crippen molar-refractivity contribution in [3.8, 4) is 0 Å². The number of likely N-dealkylation sites (tertiary alicyclic amines) is 1. The molecule has 0 aromatic rings. The van der Waals surface area contributed by atoms with Crippen LogP contribution in [0.3, 0.4) is 0 Å². The summed E-state index contributed by atoms with van der Waals surface area (Å²) in [5.41, 5.74) is -0.195. The maximum atomic E-state index is 13.1. The van der Waals surface area contributed by atoms with Crippen LogP contribution >= 0.6 is 0 Å². The first kappa shape index (κ1) is 14.4. The summed E-state index contributed by atoms with van der Waals surface area (Å²) in [5, 5.41) is 3.47. The number of hydrogen-bond acceptors (Lipinski definition) is 2. The van der Waals surface area contributed by atoms with E-state index in [2.05, 4.69) is 24.1 Å². The summed E-state index contributed by atoms with van der Waals surface area (Å²) in [7, 11) is 0. The molecule has 114 valence electrons. The lowest BCUT2D eigenvalue weighted by molar-refractivity contribution is -0.145. The van der Waals surface area contributed by atoms with E-state index in [0.717, 1.165) is 25.6 Å². The van der Waals surface area contributed by atoms with E-state index in [1.165, 1.54) is 44.9 Å². The standard InChI is InChI=1S/C17H30N2O/c1-17(2,14-7-5-10-18-12-14)16(20)19-11-9-13-6-3-4-8-15(13)19/h13-15,18H,3-12H2,1-2H3. The number of carbonyl (C=O) groups is 1. The number of amides is 1. The minimum absolute atomic E-state index is 0.195. The highest BCUT2D eigenvalue weighted by atomic mass is 16.2. The van der Waals surface area contributed by atoms with Crippen LogP contribution in [0.5, 0.6) is 0 Å². The van der Waals surface area contributed by atoms with E-state index in [1.807, 2.05) is 0 Å². The molecule has 0 radical (unpaired) electrons. The number of rotatable bonds is 2. The van der Waals surface area contributed by atoms with E-state index < -0.39 is 0 Å². The van der Waals surface area contributed by atoms with Crippen LogP contribution in [0.2, 0.25) is 0 Å². The van der Waals surface area contributed by atoms with Gasteiger partial charge in [-0.2, -0.15) is 0 Å². The third kappa shape index (κ3) is 2.49. The van der Waals surface area contributed by atoms with Crippen LogP contribution in [0.15, 0.2) is 0 Å². The fraction of sp³-hybridized carbons (Fsp3) is 0.941. The van der Waals surface area contributed by atoms with Crippen LogP contribution in [0.25, 0.3) is 0 Å². The molecule has 3 rings (SSSR count). The van der Waals surface area contributed by atoms with Gasteiger partial charge in [0.25, 0.3) is 0 Å². The summed E-state index contributed by atoms with van der Waals surface area (Å²) in [5.74, 6) is 1.74. The Bertz CT molecular complexity index is 360. The Balaban J connectivity index is 1.70. The van der Waals surface area contributed by atoms with Crippen LogP contribution < -0.4 is 5.32 Å². The molecule has 20 heavy (non-hydrogen) atoms. The molecule has 3 heteroatoms. The van der Waals surface area contributed by atoms with Gasteiger partial charge in [0.1, 0.15) is 0 Å². The quantitative estimate of drug-likeness (QED) is 0.842. The van der Waals surface area contributed by atoms with Gasteiger partial charge >= 0.3 is 0 Å². The lowest BCUT2D eigenvalue weighted by atomic mass is 9.73. The molecule has 1 N–H and O–H groups in total. The smallest absolute Gasteiger partial charge is 0.228 e. The van der Waals surface area contributed by atoms with Crippen molar-refractivity contribution < 1.29 is 4.79 Å². The predicted octanol–water partition coefficient (Wildman–Crippen LogP) is 2.80. The first-order valence-electron chi connectivity index (χ1n) is 8.62. The zero-order valence-corrected chi connectivity index (χ0v) is 13.2. The fourth-order valence-corrected chi connectivity index (χ4v) is 4.67. The van der Waals surface area contributed by atoms with Crippen molar-refractivity contribution in [2.45, 2.75) is 64.8 Å². The fourth-order valence-electron chi connectivity index (χ4n) is 4.67. The molecule has 0 spiro atoms. The second-order valence-electron chi connectivity index (χ2n) is 7.66. The number of carbonyl (C=O) groups excluding carboxylic acids is 1. The van der Waals surface area contributed by atoms with Crippen molar-refractivity contribution in [3.05, 3.63) is 0 Å². The molecule has 1 amide bonds. The van der Waals surface area contributed by atoms with E-state index in [0.29, 0.717) is 17.9 Å². The lowest BCUT2D eigenvalue weighted by Gasteiger charge is -2.41. The largest absolute Gasteiger partial charge is 0.339 e. The van der Waals surface area contributed by atoms with Crippen LogP contribution in [0, 0.1) is 17.3 Å². The Morgan fingerprint density at radius 3 is 2.65 bits per heavy atom. The van der Waals surface area contributed by atoms with Gasteiger partial charge in [0.05, 0.1) is 0 Å². The molecule has 3 atom stereocenters. The van der Waals surface area contributed by atoms with Crippen LogP contribution in [0.1, 0.15) is 58.8 Å². The third-order valence-electron chi connectivity index (χ3n) is 6.14. The van der Waals surface area contributed by atoms with Crippen molar-refractivity contribution >= 4 is 5.91 Å². The molecule has 0 bridgehead atoms. The predicted molar refractivity (Wildman–Crippen MR) is 81.5 cm³/mol. The van der Waals surface area contributed by atoms with E-state index in [-0.39, 0.29) is 5.41 Å². The SMILES string of the molecule is CC(C)(C(=O)N1CCC2CCCCC21)C1CCCNC1. The minimum atomic E-state index is -0.195. The van der Waals surface area contributed by atoms with Gasteiger partial charge in [-0.05, 0) is 57.0 Å². The molecule has 0 aromatic carbocycles. The molecule has 2 saturated heterocycles. The third-order valence-corrected chi connectivity index (χ3v) is 6.14. The lowest BCUT2D eigenvalue weighted by Crippen LogP contribution is -2.51. The number of piperidine rings is 1. The summed E-state index contributed by atoms with van der Waals surface area (Å²) < 4.78 is 0. The van der Waals surface area contributed by atoms with E-state index >= 15 is 0 Å². The molecule has 3 fully saturated rings. The molecular formula is C17H30N2O. The summed E-state index contributed by atoms with van der Waals surface area (Å²) >= 11 is 0. The summed E-state index contributed by atoms with van der Waals surface area (Å²) in [6, 6.07) is 0.562. The first-order valence-corrected chi connectivity index (χ1v) is 8.62. The van der Waals surface area contributed by atoms with Gasteiger partial charge in [-0.15, -0.1) is 0 Å². The number of nitrogens with zero attached hydrogens (tertiary/aromatic N) is 1. The van der Waals surface area contributed by atoms with Gasteiger partial charge in [0.15, 0.2) is 0 Å². The van der Waals surface area contributed by atoms with Crippen molar-refractivity contribution in [1.82, 2.24) is 10.2 Å². The number of fused-ring (bicyclic) bond motifs is 1. The molecule has 2 heterocycles. The van der Waals surface area contributed by atoms with Gasteiger partial charge < -0.3 is 10.2 Å². The normalized spacial score (nSPS) is 34.9. The monoisotopic (exact) mass is 278 g/mol. The molecule has 0 aromatic heterocycles. The number of nitrogens with one attached hydrogen (secondary N) is 1. The highest BCUT2D eigenvalue weighted by Gasteiger charge is 2.45. The Morgan fingerprint density at radius 2 is 1.90 bits per heavy atom. The Kier molecular flexibility index (Phi) is 4.07. The minimum Gasteiger partial charge on any atom is -0.339 e. The second kappa shape index (κ2) is 5.67. The van der Waals surface area contributed by atoms with Crippen LogP contribution in [0.4, 0.5) is 0 Å². The summed E-state index contributed by atoms with van der Waals surface area (Å²) in [6.45, 7) is 7.51. The first-order chi connectivity index (χ1) is 9.60. The molecule has 1 saturated carbocycles. The topological polar surface area (TPSA) is 32.3 Å². The van der Waals surface area contributed by atoms with Crippen molar-refractivity contribution in [1.29, 1.82) is 0 Å². The van der Waals surface area contributed by atoms with E-state index in [4.69, 9.17) is 0 Å². The molecule has 3 unspecified atom stereocenters. The maximum absolute atomic E-state index is 13.1. The van der Waals surface area contributed by atoms with Gasteiger partial charge in [-0.25, -0.2) is 0 Å². The molecular weight excluding hydrogens is 248 g/mol. The van der Waals surface area contributed by atoms with Crippen molar-refractivity contribution in [2.75, 3.05) is 19.6 Å². The molecule has 1 aliphatic carbocycles. The van der Waals surface area contributed by atoms with Gasteiger partial charge in [0, 0.05) is 18.0 Å². The second-order valence-corrected chi connectivity index (χ2v) is 7.66. The Morgan fingerprint density at radius 1 is 1.10 bits per heavy atom. The van der Waals surface area contributed by atoms with Gasteiger partial charge in [-0.1, -0.05) is 26.7 Å². The zero-order chi connectivity index (χ0) is 14.2. The molecule has 3 nitrogen and oxygen atoms in total. The molecule has 3 aliphatic rings. The Labute approximate surface area is 123 Å². The highest BCUT2D eigenvalue weighted by molar-refractivity contribution is 5.83. The van der Waals surface area contributed by atoms with Crippen molar-refractivity contribution in [3.63, 3.8) is 0 Å². The zero-order valence-electron chi connectivity index (χ0n) is 13.2.